The van der Waals surface area contributed by atoms with Gasteiger partial charge in [-0.15, -0.1) is 0 Å². The molecule has 44 heavy (non-hydrogen) atoms. The van der Waals surface area contributed by atoms with Gasteiger partial charge in [0.1, 0.15) is 17.5 Å². The van der Waals surface area contributed by atoms with E-state index in [1.165, 1.54) is 4.31 Å². The van der Waals surface area contributed by atoms with Gasteiger partial charge in [0.2, 0.25) is 21.8 Å². The fourth-order valence-corrected chi connectivity index (χ4v) is 5.81. The molecule has 0 unspecified atom stereocenters. The average Bonchev–Trinajstić information content (AvgIpc) is 3.01. The highest BCUT2D eigenvalue weighted by Gasteiger charge is 2.31. The second kappa shape index (κ2) is 16.7. The lowest BCUT2D eigenvalue weighted by Gasteiger charge is -2.33. The molecule has 0 saturated heterocycles. The summed E-state index contributed by atoms with van der Waals surface area (Å²) in [4.78, 5) is 29.3. The Morgan fingerprint density at radius 1 is 0.909 bits per heavy atom. The van der Waals surface area contributed by atoms with Gasteiger partial charge in [0.25, 0.3) is 0 Å². The first-order valence-corrected chi connectivity index (χ1v) is 16.9. The van der Waals surface area contributed by atoms with E-state index in [-0.39, 0.29) is 43.8 Å². The van der Waals surface area contributed by atoms with Crippen molar-refractivity contribution < 1.29 is 27.5 Å². The Balaban J connectivity index is 1.89. The topological polar surface area (TPSA) is 105 Å². The van der Waals surface area contributed by atoms with E-state index >= 15 is 0 Å². The van der Waals surface area contributed by atoms with Crippen LogP contribution < -0.4 is 19.1 Å². The quantitative estimate of drug-likeness (QED) is 0.222. The van der Waals surface area contributed by atoms with Gasteiger partial charge in [-0.2, -0.15) is 0 Å². The molecular weight excluding hydrogens is 578 g/mol. The van der Waals surface area contributed by atoms with E-state index in [4.69, 9.17) is 9.47 Å². The molecule has 2 atom stereocenters. The molecule has 0 aliphatic heterocycles. The number of methoxy groups -OCH3 is 1. The van der Waals surface area contributed by atoms with Gasteiger partial charge in [-0.3, -0.25) is 13.9 Å². The molecule has 1 N–H and O–H groups in total. The lowest BCUT2D eigenvalue weighted by molar-refractivity contribution is -0.141. The van der Waals surface area contributed by atoms with Crippen LogP contribution in [0.15, 0.2) is 78.9 Å². The Bertz CT molecular complexity index is 1450. The van der Waals surface area contributed by atoms with Crippen LogP contribution in [0.3, 0.4) is 0 Å². The van der Waals surface area contributed by atoms with Gasteiger partial charge in [-0.1, -0.05) is 49.4 Å². The number of hydrogen-bond acceptors (Lipinski definition) is 6. The van der Waals surface area contributed by atoms with Gasteiger partial charge in [-0.05, 0) is 74.2 Å². The molecule has 0 aliphatic rings. The van der Waals surface area contributed by atoms with Gasteiger partial charge in [0.05, 0.1) is 25.7 Å². The molecule has 0 spiro atoms. The first-order chi connectivity index (χ1) is 21.0. The van der Waals surface area contributed by atoms with Crippen molar-refractivity contribution in [3.05, 3.63) is 90.0 Å². The minimum Gasteiger partial charge on any atom is -0.497 e. The van der Waals surface area contributed by atoms with Crippen molar-refractivity contribution in [2.24, 2.45) is 0 Å². The van der Waals surface area contributed by atoms with Gasteiger partial charge in [0, 0.05) is 32.0 Å². The zero-order valence-corrected chi connectivity index (χ0v) is 27.2. The molecule has 0 fully saturated rings. The molecule has 0 saturated carbocycles. The van der Waals surface area contributed by atoms with E-state index in [9.17, 15) is 18.0 Å². The maximum absolute atomic E-state index is 14.0. The summed E-state index contributed by atoms with van der Waals surface area (Å²) in [7, 11) is -2.03. The van der Waals surface area contributed by atoms with Crippen molar-refractivity contribution in [1.82, 2.24) is 10.2 Å². The Morgan fingerprint density at radius 2 is 1.59 bits per heavy atom. The monoisotopic (exact) mass is 623 g/mol. The van der Waals surface area contributed by atoms with E-state index < -0.39 is 16.1 Å². The van der Waals surface area contributed by atoms with E-state index in [1.807, 2.05) is 75.4 Å². The number of anilines is 1. The molecule has 0 bridgehead atoms. The minimum atomic E-state index is -3.61. The molecule has 3 aromatic carbocycles. The summed E-state index contributed by atoms with van der Waals surface area (Å²) in [5.41, 5.74) is 2.24. The number of hydrogen-bond donors (Lipinski definition) is 1. The Labute approximate surface area is 262 Å². The standard InChI is InChI=1S/C34H45N3O6S/c1-6-26(3)35-34(39)32(24-27-13-9-8-10-14-27)36(25-28-15-11-16-31(23-28)42-4)33(38)17-12-22-37(44(5,40)41)29-18-20-30(21-19-29)43-7-2/h8-11,13-16,18-21,23,26,32H,6-7,12,17,22,24-25H2,1-5H3,(H,35,39)/t26-,32+/m1/s1. The number of ether oxygens (including phenoxy) is 2. The predicted molar refractivity (Wildman–Crippen MR) is 174 cm³/mol. The van der Waals surface area contributed by atoms with Crippen LogP contribution in [0.5, 0.6) is 11.5 Å². The number of sulfonamides is 1. The lowest BCUT2D eigenvalue weighted by Crippen LogP contribution is -2.52. The third kappa shape index (κ3) is 10.3. The van der Waals surface area contributed by atoms with Crippen molar-refractivity contribution in [2.75, 3.05) is 30.8 Å². The van der Waals surface area contributed by atoms with Crippen LogP contribution in [-0.4, -0.2) is 63.7 Å². The summed E-state index contributed by atoms with van der Waals surface area (Å²) in [6.07, 6.45) is 2.55. The summed E-state index contributed by atoms with van der Waals surface area (Å²) in [6.45, 7) is 6.61. The molecule has 9 nitrogen and oxygen atoms in total. The molecule has 0 heterocycles. The summed E-state index contributed by atoms with van der Waals surface area (Å²) < 4.78 is 37.6. The third-order valence-corrected chi connectivity index (χ3v) is 8.54. The van der Waals surface area contributed by atoms with Crippen molar-refractivity contribution in [3.63, 3.8) is 0 Å². The largest absolute Gasteiger partial charge is 0.497 e. The average molecular weight is 624 g/mol. The number of amides is 2. The van der Waals surface area contributed by atoms with Gasteiger partial charge in [0.15, 0.2) is 0 Å². The first-order valence-electron chi connectivity index (χ1n) is 15.0. The molecule has 10 heteroatoms. The van der Waals surface area contributed by atoms with E-state index in [0.717, 1.165) is 23.8 Å². The second-order valence-electron chi connectivity index (χ2n) is 10.8. The number of carbonyl (C=O) groups excluding carboxylic acids is 2. The maximum atomic E-state index is 14.0. The highest BCUT2D eigenvalue weighted by atomic mass is 32.2. The van der Waals surface area contributed by atoms with Crippen molar-refractivity contribution in [3.8, 4) is 11.5 Å². The van der Waals surface area contributed by atoms with Crippen molar-refractivity contribution in [2.45, 2.75) is 65.1 Å². The third-order valence-electron chi connectivity index (χ3n) is 7.35. The summed E-state index contributed by atoms with van der Waals surface area (Å²) >= 11 is 0. The zero-order valence-electron chi connectivity index (χ0n) is 26.4. The van der Waals surface area contributed by atoms with Crippen LogP contribution in [-0.2, 0) is 32.6 Å². The van der Waals surface area contributed by atoms with Gasteiger partial charge in [-0.25, -0.2) is 8.42 Å². The van der Waals surface area contributed by atoms with E-state index in [1.54, 1.807) is 36.3 Å². The van der Waals surface area contributed by atoms with Crippen LogP contribution in [0, 0.1) is 0 Å². The fraction of sp³-hybridized carbons (Fsp3) is 0.412. The van der Waals surface area contributed by atoms with Gasteiger partial charge < -0.3 is 19.7 Å². The zero-order chi connectivity index (χ0) is 32.1. The minimum absolute atomic E-state index is 0.0505. The molecule has 0 aromatic heterocycles. The first kappa shape index (κ1) is 34.4. The SMILES string of the molecule is CCOc1ccc(N(CCCC(=O)N(Cc2cccc(OC)c2)[C@@H](Cc2ccccc2)C(=O)N[C@H](C)CC)S(C)(=O)=O)cc1. The number of nitrogens with one attached hydrogen (secondary N) is 1. The highest BCUT2D eigenvalue weighted by molar-refractivity contribution is 7.92. The van der Waals surface area contributed by atoms with Crippen LogP contribution >= 0.6 is 0 Å². The van der Waals surface area contributed by atoms with Crippen LogP contribution in [0.1, 0.15) is 51.2 Å². The molecule has 0 aliphatic carbocycles. The van der Waals surface area contributed by atoms with Gasteiger partial charge >= 0.3 is 0 Å². The summed E-state index contributed by atoms with van der Waals surface area (Å²) in [5, 5.41) is 3.07. The Kier molecular flexibility index (Phi) is 13.1. The molecule has 0 radical (unpaired) electrons. The fourth-order valence-electron chi connectivity index (χ4n) is 4.84. The summed E-state index contributed by atoms with van der Waals surface area (Å²) in [5.74, 6) is 0.825. The van der Waals surface area contributed by atoms with Crippen LogP contribution in [0.2, 0.25) is 0 Å². The van der Waals surface area contributed by atoms with Crippen molar-refractivity contribution >= 4 is 27.5 Å². The van der Waals surface area contributed by atoms with Crippen molar-refractivity contribution in [1.29, 1.82) is 0 Å². The second-order valence-corrected chi connectivity index (χ2v) is 12.7. The predicted octanol–water partition coefficient (Wildman–Crippen LogP) is 5.19. The molecule has 2 amide bonds. The summed E-state index contributed by atoms with van der Waals surface area (Å²) in [6, 6.07) is 23.0. The lowest BCUT2D eigenvalue weighted by atomic mass is 10.0. The molecule has 3 rings (SSSR count). The Morgan fingerprint density at radius 3 is 2.20 bits per heavy atom. The van der Waals surface area contributed by atoms with Crippen LogP contribution in [0.4, 0.5) is 5.69 Å². The number of rotatable bonds is 17. The number of nitrogens with zero attached hydrogens (tertiary/aromatic N) is 2. The highest BCUT2D eigenvalue weighted by Crippen LogP contribution is 2.23. The molecule has 238 valence electrons. The molecule has 3 aromatic rings. The maximum Gasteiger partial charge on any atom is 0.243 e. The normalized spacial score (nSPS) is 12.6. The van der Waals surface area contributed by atoms with E-state index in [2.05, 4.69) is 5.32 Å². The Hall–Kier alpha value is -4.05. The van der Waals surface area contributed by atoms with E-state index in [0.29, 0.717) is 30.2 Å². The number of carbonyl (C=O) groups is 2. The number of benzene rings is 3. The molecular formula is C34H45N3O6S. The van der Waals surface area contributed by atoms with Crippen LogP contribution in [0.25, 0.3) is 0 Å². The smallest absolute Gasteiger partial charge is 0.243 e.